The number of halogens is 2. The number of hydrogen-bond acceptors (Lipinski definition) is 2. The molecule has 1 unspecified atom stereocenters. The second-order valence-electron chi connectivity index (χ2n) is 3.83. The van der Waals surface area contributed by atoms with Crippen LogP contribution in [-0.2, 0) is 0 Å². The highest BCUT2D eigenvalue weighted by Gasteiger charge is 2.06. The van der Waals surface area contributed by atoms with E-state index in [9.17, 15) is 0 Å². The zero-order valence-electron chi connectivity index (χ0n) is 9.81. The fraction of sp³-hybridized carbons (Fsp3) is 0.500. The molecule has 1 nitrogen and oxygen atoms in total. The first-order valence-electron chi connectivity index (χ1n) is 5.41. The molecular formula is C12H17BrClNS. The zero-order valence-corrected chi connectivity index (χ0v) is 13.0. The molecule has 1 rings (SSSR count). The normalized spacial score (nSPS) is 14.2. The van der Waals surface area contributed by atoms with Crippen molar-refractivity contribution in [2.45, 2.75) is 33.2 Å². The van der Waals surface area contributed by atoms with Crippen LogP contribution in [0.5, 0.6) is 0 Å². The molecule has 90 valence electrons. The zero-order chi connectivity index (χ0) is 12.1. The molecule has 0 spiro atoms. The highest BCUT2D eigenvalue weighted by Crippen LogP contribution is 2.33. The van der Waals surface area contributed by atoms with Gasteiger partial charge in [-0.3, -0.25) is 0 Å². The van der Waals surface area contributed by atoms with Gasteiger partial charge in [-0.05, 0) is 54.9 Å². The van der Waals surface area contributed by atoms with Gasteiger partial charge in [0, 0.05) is 15.4 Å². The van der Waals surface area contributed by atoms with Crippen molar-refractivity contribution in [3.8, 4) is 0 Å². The summed E-state index contributed by atoms with van der Waals surface area (Å²) in [5, 5.41) is 3.47. The summed E-state index contributed by atoms with van der Waals surface area (Å²) < 4.78 is 1.79. The van der Waals surface area contributed by atoms with E-state index in [1.54, 1.807) is 11.3 Å². The lowest BCUT2D eigenvalue weighted by molar-refractivity contribution is 0.604. The van der Waals surface area contributed by atoms with Gasteiger partial charge in [-0.15, -0.1) is 11.3 Å². The van der Waals surface area contributed by atoms with Gasteiger partial charge < -0.3 is 5.32 Å². The Labute approximate surface area is 115 Å². The molecule has 0 bridgehead atoms. The first-order chi connectivity index (χ1) is 7.54. The van der Waals surface area contributed by atoms with Gasteiger partial charge in [0.05, 0.1) is 0 Å². The fourth-order valence-corrected chi connectivity index (χ4v) is 3.05. The average molecular weight is 323 g/mol. The van der Waals surface area contributed by atoms with Crippen molar-refractivity contribution in [1.82, 2.24) is 5.32 Å². The van der Waals surface area contributed by atoms with Crippen LogP contribution in [-0.4, -0.2) is 12.6 Å². The van der Waals surface area contributed by atoms with Gasteiger partial charge >= 0.3 is 0 Å². The summed E-state index contributed by atoms with van der Waals surface area (Å²) in [6, 6.07) is 2.47. The van der Waals surface area contributed by atoms with Crippen molar-refractivity contribution < 1.29 is 0 Å². The number of nitrogens with one attached hydrogen (secondary N) is 1. The van der Waals surface area contributed by atoms with Crippen molar-refractivity contribution in [3.63, 3.8) is 0 Å². The van der Waals surface area contributed by atoms with E-state index in [0.29, 0.717) is 6.04 Å². The van der Waals surface area contributed by atoms with E-state index in [0.717, 1.165) is 21.8 Å². The van der Waals surface area contributed by atoms with Gasteiger partial charge in [0.1, 0.15) is 4.34 Å². The van der Waals surface area contributed by atoms with Crippen LogP contribution in [0.3, 0.4) is 0 Å². The first-order valence-corrected chi connectivity index (χ1v) is 7.39. The van der Waals surface area contributed by atoms with E-state index >= 15 is 0 Å². The largest absolute Gasteiger partial charge is 0.311 e. The van der Waals surface area contributed by atoms with E-state index in [-0.39, 0.29) is 0 Å². The summed E-state index contributed by atoms with van der Waals surface area (Å²) in [5.41, 5.74) is 1.33. The standard InChI is InChI=1S/C12H17BrClNS/c1-4-5-15-9(3)8(2)6-10-7-11(13)12(14)16-10/h6-7,9,15H,4-5H2,1-3H3. The minimum atomic E-state index is 0.416. The Bertz CT molecular complexity index is 354. The monoisotopic (exact) mass is 321 g/mol. The third-order valence-electron chi connectivity index (χ3n) is 2.42. The molecule has 0 saturated carbocycles. The molecule has 0 aliphatic heterocycles. The fourth-order valence-electron chi connectivity index (χ4n) is 1.31. The van der Waals surface area contributed by atoms with Gasteiger partial charge in [-0.1, -0.05) is 24.1 Å². The van der Waals surface area contributed by atoms with Crippen LogP contribution in [0.25, 0.3) is 6.08 Å². The SMILES string of the molecule is CCCNC(C)C(C)=Cc1cc(Br)c(Cl)s1. The van der Waals surface area contributed by atoms with E-state index in [1.165, 1.54) is 10.5 Å². The first kappa shape index (κ1) is 14.2. The molecule has 0 saturated heterocycles. The van der Waals surface area contributed by atoms with Gasteiger partial charge in [0.25, 0.3) is 0 Å². The van der Waals surface area contributed by atoms with Gasteiger partial charge in [-0.2, -0.15) is 0 Å². The number of hydrogen-bond donors (Lipinski definition) is 1. The predicted molar refractivity (Wildman–Crippen MR) is 78.4 cm³/mol. The maximum atomic E-state index is 6.00. The molecule has 1 heterocycles. The van der Waals surface area contributed by atoms with Gasteiger partial charge in [0.15, 0.2) is 0 Å². The van der Waals surface area contributed by atoms with Crippen molar-refractivity contribution >= 4 is 44.9 Å². The molecule has 1 atom stereocenters. The smallest absolute Gasteiger partial charge is 0.108 e. The summed E-state index contributed by atoms with van der Waals surface area (Å²) in [5.74, 6) is 0. The van der Waals surface area contributed by atoms with E-state index in [2.05, 4.69) is 54.2 Å². The average Bonchev–Trinajstić information content (AvgIpc) is 2.54. The maximum Gasteiger partial charge on any atom is 0.108 e. The number of thiophene rings is 1. The van der Waals surface area contributed by atoms with Crippen LogP contribution in [0.2, 0.25) is 4.34 Å². The summed E-state index contributed by atoms with van der Waals surface area (Å²) in [6.45, 7) is 7.57. The second kappa shape index (κ2) is 6.80. The molecular weight excluding hydrogens is 306 g/mol. The molecule has 0 fully saturated rings. The van der Waals surface area contributed by atoms with Crippen LogP contribution in [0.15, 0.2) is 16.1 Å². The molecule has 0 aliphatic carbocycles. The molecule has 0 aromatic carbocycles. The predicted octanol–water partition coefficient (Wildman–Crippen LogP) is 4.96. The summed E-state index contributed by atoms with van der Waals surface area (Å²) in [6.07, 6.45) is 3.35. The van der Waals surface area contributed by atoms with Crippen molar-refractivity contribution in [1.29, 1.82) is 0 Å². The summed E-state index contributed by atoms with van der Waals surface area (Å²) >= 11 is 11.0. The third kappa shape index (κ3) is 4.21. The topological polar surface area (TPSA) is 12.0 Å². The molecule has 0 radical (unpaired) electrons. The Kier molecular flexibility index (Phi) is 6.05. The Morgan fingerprint density at radius 2 is 2.38 bits per heavy atom. The van der Waals surface area contributed by atoms with Crippen LogP contribution in [0.1, 0.15) is 32.1 Å². The molecule has 4 heteroatoms. The van der Waals surface area contributed by atoms with Crippen LogP contribution < -0.4 is 5.32 Å². The quantitative estimate of drug-likeness (QED) is 0.808. The second-order valence-corrected chi connectivity index (χ2v) is 6.37. The lowest BCUT2D eigenvalue weighted by atomic mass is 10.1. The van der Waals surface area contributed by atoms with Gasteiger partial charge in [0.2, 0.25) is 0 Å². The van der Waals surface area contributed by atoms with Crippen molar-refractivity contribution in [2.75, 3.05) is 6.54 Å². The lowest BCUT2D eigenvalue weighted by Gasteiger charge is -2.13. The van der Waals surface area contributed by atoms with Gasteiger partial charge in [-0.25, -0.2) is 0 Å². The minimum Gasteiger partial charge on any atom is -0.311 e. The Morgan fingerprint density at radius 3 is 2.88 bits per heavy atom. The molecule has 1 aromatic heterocycles. The van der Waals surface area contributed by atoms with E-state index < -0.39 is 0 Å². The lowest BCUT2D eigenvalue weighted by Crippen LogP contribution is -2.27. The molecule has 16 heavy (non-hydrogen) atoms. The minimum absolute atomic E-state index is 0.416. The van der Waals surface area contributed by atoms with Crippen LogP contribution in [0, 0.1) is 0 Å². The Balaban J connectivity index is 2.68. The summed E-state index contributed by atoms with van der Waals surface area (Å²) in [4.78, 5) is 1.19. The highest BCUT2D eigenvalue weighted by atomic mass is 79.9. The Morgan fingerprint density at radius 1 is 1.69 bits per heavy atom. The van der Waals surface area contributed by atoms with Crippen LogP contribution >= 0.6 is 38.9 Å². The Hall–Kier alpha value is 0.170. The van der Waals surface area contributed by atoms with Crippen molar-refractivity contribution in [2.24, 2.45) is 0 Å². The molecule has 0 amide bonds. The highest BCUT2D eigenvalue weighted by molar-refractivity contribution is 9.10. The third-order valence-corrected chi connectivity index (χ3v) is 4.84. The van der Waals surface area contributed by atoms with Crippen LogP contribution in [0.4, 0.5) is 0 Å². The van der Waals surface area contributed by atoms with Crippen molar-refractivity contribution in [3.05, 3.63) is 25.3 Å². The number of rotatable bonds is 5. The van der Waals surface area contributed by atoms with E-state index in [1.807, 2.05) is 0 Å². The molecule has 1 N–H and O–H groups in total. The maximum absolute atomic E-state index is 6.00. The molecule has 1 aromatic rings. The summed E-state index contributed by atoms with van der Waals surface area (Å²) in [7, 11) is 0. The van der Waals surface area contributed by atoms with E-state index in [4.69, 9.17) is 11.6 Å². The molecule has 0 aliphatic rings.